The fraction of sp³-hybridized carbons (Fsp3) is 0.269. The number of hydrogen-bond acceptors (Lipinski definition) is 6. The van der Waals surface area contributed by atoms with Crippen LogP contribution in [0.3, 0.4) is 0 Å². The number of rotatable bonds is 10. The van der Waals surface area contributed by atoms with Gasteiger partial charge < -0.3 is 19.9 Å². The fourth-order valence-corrected chi connectivity index (χ4v) is 3.69. The number of nitrogens with zero attached hydrogens (tertiary/aromatic N) is 1. The Hall–Kier alpha value is -3.56. The quantitative estimate of drug-likeness (QED) is 0.385. The number of benzene rings is 2. The number of halogens is 3. The number of amides is 1. The minimum Gasteiger partial charge on any atom is -0.493 e. The predicted octanol–water partition coefficient (Wildman–Crippen LogP) is 4.49. The van der Waals surface area contributed by atoms with E-state index in [4.69, 9.17) is 21.1 Å². The van der Waals surface area contributed by atoms with E-state index in [0.29, 0.717) is 17.8 Å². The number of hydrogen-bond donors (Lipinski definition) is 2. The van der Waals surface area contributed by atoms with Crippen molar-refractivity contribution in [1.82, 2.24) is 10.3 Å². The number of methoxy groups -OCH3 is 1. The van der Waals surface area contributed by atoms with Gasteiger partial charge in [0.05, 0.1) is 42.8 Å². The smallest absolute Gasteiger partial charge is 0.251 e. The van der Waals surface area contributed by atoms with Crippen molar-refractivity contribution < 1.29 is 33.0 Å². The van der Waals surface area contributed by atoms with Crippen LogP contribution in [-0.2, 0) is 5.67 Å². The Labute approximate surface area is 211 Å². The Morgan fingerprint density at radius 3 is 2.64 bits per heavy atom. The number of aliphatic hydroxyl groups is 1. The lowest BCUT2D eigenvalue weighted by molar-refractivity contribution is 0.0594. The van der Waals surface area contributed by atoms with Gasteiger partial charge in [-0.1, -0.05) is 11.6 Å². The van der Waals surface area contributed by atoms with Gasteiger partial charge in [0.15, 0.2) is 23.5 Å². The van der Waals surface area contributed by atoms with E-state index in [-0.39, 0.29) is 39.2 Å². The number of alkyl halides is 1. The Kier molecular flexibility index (Phi) is 7.51. The van der Waals surface area contributed by atoms with Gasteiger partial charge in [-0.2, -0.15) is 0 Å². The summed E-state index contributed by atoms with van der Waals surface area (Å²) in [5.41, 5.74) is -2.03. The Morgan fingerprint density at radius 1 is 1.22 bits per heavy atom. The summed E-state index contributed by atoms with van der Waals surface area (Å²) >= 11 is 5.85. The third kappa shape index (κ3) is 5.47. The van der Waals surface area contributed by atoms with E-state index in [1.165, 1.54) is 43.5 Å². The zero-order valence-corrected chi connectivity index (χ0v) is 20.0. The molecule has 1 aromatic heterocycles. The first kappa shape index (κ1) is 25.5. The van der Waals surface area contributed by atoms with E-state index in [9.17, 15) is 19.1 Å². The van der Waals surface area contributed by atoms with Crippen molar-refractivity contribution >= 4 is 23.8 Å². The molecule has 1 aliphatic carbocycles. The molecule has 2 aromatic carbocycles. The molecule has 1 unspecified atom stereocenters. The van der Waals surface area contributed by atoms with Crippen molar-refractivity contribution in [3.05, 3.63) is 76.2 Å². The van der Waals surface area contributed by atoms with Gasteiger partial charge in [-0.15, -0.1) is 0 Å². The molecule has 36 heavy (non-hydrogen) atoms. The van der Waals surface area contributed by atoms with Crippen molar-refractivity contribution in [2.24, 2.45) is 0 Å². The van der Waals surface area contributed by atoms with Crippen LogP contribution in [0.2, 0.25) is 5.02 Å². The third-order valence-corrected chi connectivity index (χ3v) is 6.02. The van der Waals surface area contributed by atoms with Crippen LogP contribution < -0.4 is 14.8 Å². The molecule has 0 spiro atoms. The molecule has 1 aliphatic rings. The van der Waals surface area contributed by atoms with Gasteiger partial charge in [-0.05, 0) is 61.4 Å². The van der Waals surface area contributed by atoms with Gasteiger partial charge in [0.1, 0.15) is 5.82 Å². The summed E-state index contributed by atoms with van der Waals surface area (Å²) in [7, 11) is 1.45. The molecule has 1 atom stereocenters. The van der Waals surface area contributed by atoms with Crippen LogP contribution in [-0.4, -0.2) is 48.6 Å². The van der Waals surface area contributed by atoms with Crippen molar-refractivity contribution in [2.45, 2.75) is 24.6 Å². The molecule has 0 saturated heterocycles. The zero-order valence-electron chi connectivity index (χ0n) is 19.3. The van der Waals surface area contributed by atoms with Gasteiger partial charge in [0, 0.05) is 16.7 Å². The van der Waals surface area contributed by atoms with E-state index in [1.807, 2.05) is 0 Å². The molecule has 10 heteroatoms. The average Bonchev–Trinajstić information content (AvgIpc) is 3.72. The molecule has 0 bridgehead atoms. The largest absolute Gasteiger partial charge is 0.493 e. The highest BCUT2D eigenvalue weighted by molar-refractivity contribution is 6.31. The van der Waals surface area contributed by atoms with E-state index in [1.54, 1.807) is 6.07 Å². The van der Waals surface area contributed by atoms with Gasteiger partial charge in [0.2, 0.25) is 0 Å². The number of carbonyl (C=O) groups is 2. The second kappa shape index (κ2) is 10.6. The van der Waals surface area contributed by atoms with Crippen molar-refractivity contribution in [3.8, 4) is 22.8 Å². The normalized spacial score (nSPS) is 14.6. The minimum absolute atomic E-state index is 0.0576. The second-order valence-corrected chi connectivity index (χ2v) is 8.78. The highest BCUT2D eigenvalue weighted by Gasteiger charge is 2.35. The van der Waals surface area contributed by atoms with Crippen LogP contribution in [0.25, 0.3) is 11.3 Å². The summed E-state index contributed by atoms with van der Waals surface area (Å²) in [6.07, 6.45) is 2.59. The molecule has 1 heterocycles. The van der Waals surface area contributed by atoms with Crippen LogP contribution in [0.15, 0.2) is 48.5 Å². The first-order chi connectivity index (χ1) is 17.3. The average molecular weight is 517 g/mol. The molecule has 3 aromatic rings. The van der Waals surface area contributed by atoms with E-state index in [2.05, 4.69) is 10.3 Å². The summed E-state index contributed by atoms with van der Waals surface area (Å²) < 4.78 is 40.5. The molecular formula is C26H23ClF2N2O5. The maximum atomic E-state index is 15.8. The Morgan fingerprint density at radius 2 is 2.00 bits per heavy atom. The van der Waals surface area contributed by atoms with Crippen LogP contribution >= 0.6 is 11.6 Å². The molecule has 2 N–H and O–H groups in total. The number of aldehydes is 1. The van der Waals surface area contributed by atoms with E-state index in [0.717, 1.165) is 18.9 Å². The molecule has 1 saturated carbocycles. The summed E-state index contributed by atoms with van der Waals surface area (Å²) in [5, 5.41) is 12.1. The number of aromatic nitrogens is 1. The number of ether oxygens (including phenoxy) is 2. The molecule has 7 nitrogen and oxygen atoms in total. The second-order valence-electron chi connectivity index (χ2n) is 8.37. The maximum absolute atomic E-state index is 15.8. The Bertz CT molecular complexity index is 1300. The molecule has 1 amide bonds. The zero-order chi connectivity index (χ0) is 25.9. The SMILES string of the molecule is COc1cc(C(=O)NCC(F)(CO)c2ccc(C=O)c(-c3ccc(F)c(Cl)c3)n2)ccc1OC1CC1. The molecule has 188 valence electrons. The van der Waals surface area contributed by atoms with E-state index >= 15 is 4.39 Å². The molecule has 1 fully saturated rings. The molecule has 0 aliphatic heterocycles. The number of nitrogens with one attached hydrogen (secondary N) is 1. The van der Waals surface area contributed by atoms with Crippen LogP contribution in [0.1, 0.15) is 39.3 Å². The first-order valence-electron chi connectivity index (χ1n) is 11.1. The highest BCUT2D eigenvalue weighted by atomic mass is 35.5. The lowest BCUT2D eigenvalue weighted by Crippen LogP contribution is -2.41. The van der Waals surface area contributed by atoms with Crippen molar-refractivity contribution in [1.29, 1.82) is 0 Å². The predicted molar refractivity (Wildman–Crippen MR) is 129 cm³/mol. The maximum Gasteiger partial charge on any atom is 0.251 e. The summed E-state index contributed by atoms with van der Waals surface area (Å²) in [5.74, 6) is -0.376. The molecule has 0 radical (unpaired) electrons. The number of carbonyl (C=O) groups excluding carboxylic acids is 2. The van der Waals surface area contributed by atoms with Gasteiger partial charge in [-0.25, -0.2) is 13.8 Å². The Balaban J connectivity index is 1.56. The lowest BCUT2D eigenvalue weighted by Gasteiger charge is -2.24. The monoisotopic (exact) mass is 516 g/mol. The standard InChI is InChI=1S/C26H23ClF2N2O5/c1-35-22-11-16(3-8-21(22)36-18-5-6-18)25(34)30-13-26(29,14-33)23-9-4-17(12-32)24(31-23)15-2-7-20(28)19(27)10-15/h2-4,7-12,18,33H,5-6,13-14H2,1H3,(H,30,34). The topological polar surface area (TPSA) is 97.8 Å². The molecule has 4 rings (SSSR count). The summed E-state index contributed by atoms with van der Waals surface area (Å²) in [4.78, 5) is 28.5. The fourth-order valence-electron chi connectivity index (χ4n) is 3.51. The van der Waals surface area contributed by atoms with Gasteiger partial charge in [0.25, 0.3) is 5.91 Å². The van der Waals surface area contributed by atoms with Crippen molar-refractivity contribution in [3.63, 3.8) is 0 Å². The van der Waals surface area contributed by atoms with Crippen LogP contribution in [0.4, 0.5) is 8.78 Å². The number of pyridine rings is 1. The molecular weight excluding hydrogens is 494 g/mol. The summed E-state index contributed by atoms with van der Waals surface area (Å²) in [6.45, 7) is -1.61. The van der Waals surface area contributed by atoms with Gasteiger partial charge >= 0.3 is 0 Å². The van der Waals surface area contributed by atoms with Crippen LogP contribution in [0, 0.1) is 5.82 Å². The van der Waals surface area contributed by atoms with Crippen molar-refractivity contribution in [2.75, 3.05) is 20.3 Å². The highest BCUT2D eigenvalue weighted by Crippen LogP contribution is 2.34. The lowest BCUT2D eigenvalue weighted by atomic mass is 9.98. The third-order valence-electron chi connectivity index (χ3n) is 5.73. The first-order valence-corrected chi connectivity index (χ1v) is 11.5. The van der Waals surface area contributed by atoms with Gasteiger partial charge in [-0.3, -0.25) is 9.59 Å². The summed E-state index contributed by atoms with van der Waals surface area (Å²) in [6, 6.07) is 10.9. The van der Waals surface area contributed by atoms with Crippen LogP contribution in [0.5, 0.6) is 11.5 Å². The van der Waals surface area contributed by atoms with E-state index < -0.39 is 30.5 Å². The number of aliphatic hydroxyl groups excluding tert-OH is 1. The minimum atomic E-state index is -2.48.